The van der Waals surface area contributed by atoms with Crippen molar-refractivity contribution in [1.82, 2.24) is 10.3 Å². The summed E-state index contributed by atoms with van der Waals surface area (Å²) in [6, 6.07) is 12.5. The molecule has 1 aliphatic heterocycles. The van der Waals surface area contributed by atoms with Gasteiger partial charge in [0.1, 0.15) is 11.5 Å². The minimum Gasteiger partial charge on any atom is -0.497 e. The number of nitrogens with one attached hydrogen (secondary N) is 2. The van der Waals surface area contributed by atoms with Crippen LogP contribution in [-0.2, 0) is 24.1 Å². The summed E-state index contributed by atoms with van der Waals surface area (Å²) in [6.45, 7) is 0.764. The van der Waals surface area contributed by atoms with E-state index in [0.29, 0.717) is 6.42 Å². The number of hydrogen-bond acceptors (Lipinski definition) is 3. The lowest BCUT2D eigenvalue weighted by Gasteiger charge is -2.24. The first-order valence-electron chi connectivity index (χ1n) is 10.4. The molecule has 0 saturated carbocycles. The fraction of sp³-hybridized carbons (Fsp3) is 0.375. The molecular formula is C24H26N2O3. The number of fused-ring (bicyclic) bond motifs is 4. The molecule has 150 valence electrons. The molecule has 0 radical (unpaired) electrons. The van der Waals surface area contributed by atoms with Gasteiger partial charge in [0.15, 0.2) is 0 Å². The van der Waals surface area contributed by atoms with Gasteiger partial charge in [0.2, 0.25) is 5.91 Å². The second kappa shape index (κ2) is 7.47. The number of amides is 1. The van der Waals surface area contributed by atoms with Crippen LogP contribution in [0.15, 0.2) is 36.4 Å². The Labute approximate surface area is 170 Å². The van der Waals surface area contributed by atoms with Crippen LogP contribution in [0.5, 0.6) is 11.5 Å². The highest BCUT2D eigenvalue weighted by molar-refractivity contribution is 5.87. The van der Waals surface area contributed by atoms with Crippen LogP contribution in [0.4, 0.5) is 0 Å². The predicted molar refractivity (Wildman–Crippen MR) is 113 cm³/mol. The molecule has 1 atom stereocenters. The second-order valence-corrected chi connectivity index (χ2v) is 7.98. The van der Waals surface area contributed by atoms with Gasteiger partial charge in [0.05, 0.1) is 19.8 Å². The molecule has 1 amide bonds. The molecule has 0 unspecified atom stereocenters. The molecule has 5 heteroatoms. The summed E-state index contributed by atoms with van der Waals surface area (Å²) in [5.41, 5.74) is 6.04. The first-order valence-corrected chi connectivity index (χ1v) is 10.4. The van der Waals surface area contributed by atoms with E-state index < -0.39 is 0 Å². The monoisotopic (exact) mass is 390 g/mol. The average molecular weight is 390 g/mol. The Kier molecular flexibility index (Phi) is 4.66. The highest BCUT2D eigenvalue weighted by Crippen LogP contribution is 2.36. The third-order valence-corrected chi connectivity index (χ3v) is 6.14. The van der Waals surface area contributed by atoms with E-state index >= 15 is 0 Å². The number of aryl methyl sites for hydroxylation is 2. The quantitative estimate of drug-likeness (QED) is 0.685. The Morgan fingerprint density at radius 3 is 3.07 bits per heavy atom. The zero-order chi connectivity index (χ0) is 19.8. The van der Waals surface area contributed by atoms with E-state index in [0.717, 1.165) is 61.4 Å². The molecule has 2 heterocycles. The fourth-order valence-electron chi connectivity index (χ4n) is 4.63. The van der Waals surface area contributed by atoms with Gasteiger partial charge >= 0.3 is 0 Å². The lowest BCUT2D eigenvalue weighted by molar-refractivity contribution is -0.121. The third-order valence-electron chi connectivity index (χ3n) is 6.14. The zero-order valence-corrected chi connectivity index (χ0v) is 16.7. The summed E-state index contributed by atoms with van der Waals surface area (Å²) >= 11 is 0. The topological polar surface area (TPSA) is 63.3 Å². The highest BCUT2D eigenvalue weighted by atomic mass is 16.5. The van der Waals surface area contributed by atoms with E-state index in [1.54, 1.807) is 7.11 Å². The number of methoxy groups -OCH3 is 1. The van der Waals surface area contributed by atoms with Gasteiger partial charge in [-0.05, 0) is 66.6 Å². The molecule has 2 aliphatic rings. The van der Waals surface area contributed by atoms with Crippen molar-refractivity contribution in [3.05, 3.63) is 58.8 Å². The SMILES string of the molecule is COc1ccc2[nH]c3c(c2c1)CCC[C@H]3NC(=O)CCc1ccc2c(c1)CCO2. The van der Waals surface area contributed by atoms with Crippen molar-refractivity contribution in [2.75, 3.05) is 13.7 Å². The third kappa shape index (κ3) is 3.46. The van der Waals surface area contributed by atoms with Crippen LogP contribution in [0.25, 0.3) is 10.9 Å². The van der Waals surface area contributed by atoms with Gasteiger partial charge in [0, 0.05) is 29.4 Å². The maximum absolute atomic E-state index is 12.7. The van der Waals surface area contributed by atoms with Crippen molar-refractivity contribution in [2.45, 2.75) is 44.6 Å². The number of carbonyl (C=O) groups is 1. The molecular weight excluding hydrogens is 364 g/mol. The zero-order valence-electron chi connectivity index (χ0n) is 16.7. The summed E-state index contributed by atoms with van der Waals surface area (Å²) in [5, 5.41) is 4.47. The minimum absolute atomic E-state index is 0.0538. The van der Waals surface area contributed by atoms with E-state index in [1.807, 2.05) is 12.1 Å². The number of ether oxygens (including phenoxy) is 2. The number of aromatic nitrogens is 1. The molecule has 5 nitrogen and oxygen atoms in total. The number of carbonyl (C=O) groups excluding carboxylic acids is 1. The Morgan fingerprint density at radius 2 is 2.17 bits per heavy atom. The largest absolute Gasteiger partial charge is 0.497 e. The predicted octanol–water partition coefficient (Wildman–Crippen LogP) is 4.24. The lowest BCUT2D eigenvalue weighted by Crippen LogP contribution is -2.31. The molecule has 0 spiro atoms. The van der Waals surface area contributed by atoms with Crippen LogP contribution >= 0.6 is 0 Å². The molecule has 1 aliphatic carbocycles. The van der Waals surface area contributed by atoms with Crippen molar-refractivity contribution in [3.63, 3.8) is 0 Å². The van der Waals surface area contributed by atoms with Crippen molar-refractivity contribution >= 4 is 16.8 Å². The maximum Gasteiger partial charge on any atom is 0.220 e. The number of rotatable bonds is 5. The van der Waals surface area contributed by atoms with Crippen LogP contribution in [-0.4, -0.2) is 24.6 Å². The summed E-state index contributed by atoms with van der Waals surface area (Å²) < 4.78 is 10.9. The molecule has 5 rings (SSSR count). The van der Waals surface area contributed by atoms with Crippen molar-refractivity contribution in [3.8, 4) is 11.5 Å². The van der Waals surface area contributed by atoms with E-state index in [2.05, 4.69) is 34.6 Å². The second-order valence-electron chi connectivity index (χ2n) is 7.98. The maximum atomic E-state index is 12.7. The number of H-pyrrole nitrogens is 1. The van der Waals surface area contributed by atoms with Crippen LogP contribution in [0.1, 0.15) is 47.7 Å². The van der Waals surface area contributed by atoms with Gasteiger partial charge < -0.3 is 19.8 Å². The molecule has 2 aromatic carbocycles. The van der Waals surface area contributed by atoms with Gasteiger partial charge in [-0.3, -0.25) is 4.79 Å². The fourth-order valence-corrected chi connectivity index (χ4v) is 4.63. The molecule has 29 heavy (non-hydrogen) atoms. The average Bonchev–Trinajstić information content (AvgIpc) is 3.36. The summed E-state index contributed by atoms with van der Waals surface area (Å²) in [6.07, 6.45) is 5.30. The number of benzene rings is 2. The summed E-state index contributed by atoms with van der Waals surface area (Å²) in [5.74, 6) is 1.96. The lowest BCUT2D eigenvalue weighted by atomic mass is 9.91. The van der Waals surface area contributed by atoms with Gasteiger partial charge in [-0.2, -0.15) is 0 Å². The van der Waals surface area contributed by atoms with Crippen molar-refractivity contribution < 1.29 is 14.3 Å². The Hall–Kier alpha value is -2.95. The Morgan fingerprint density at radius 1 is 1.24 bits per heavy atom. The van der Waals surface area contributed by atoms with Crippen LogP contribution < -0.4 is 14.8 Å². The van der Waals surface area contributed by atoms with Gasteiger partial charge in [0.25, 0.3) is 0 Å². The molecule has 3 aromatic rings. The smallest absolute Gasteiger partial charge is 0.220 e. The van der Waals surface area contributed by atoms with Crippen LogP contribution in [0.3, 0.4) is 0 Å². The first kappa shape index (κ1) is 18.1. The number of hydrogen-bond donors (Lipinski definition) is 2. The first-order chi connectivity index (χ1) is 14.2. The molecule has 0 bridgehead atoms. The number of aromatic amines is 1. The standard InChI is InChI=1S/C24H26N2O3/c1-28-17-7-8-20-19(14-17)18-3-2-4-21(24(18)26-20)25-23(27)10-6-15-5-9-22-16(13-15)11-12-29-22/h5,7-9,13-14,21,26H,2-4,6,10-12H2,1H3,(H,25,27)/t21-/m1/s1. The van der Waals surface area contributed by atoms with E-state index in [9.17, 15) is 4.79 Å². The van der Waals surface area contributed by atoms with Crippen molar-refractivity contribution in [1.29, 1.82) is 0 Å². The van der Waals surface area contributed by atoms with E-state index in [-0.39, 0.29) is 11.9 Å². The summed E-state index contributed by atoms with van der Waals surface area (Å²) in [7, 11) is 1.69. The van der Waals surface area contributed by atoms with Crippen LogP contribution in [0.2, 0.25) is 0 Å². The molecule has 2 N–H and O–H groups in total. The Balaban J connectivity index is 1.28. The minimum atomic E-state index is 0.0538. The van der Waals surface area contributed by atoms with Gasteiger partial charge in [-0.15, -0.1) is 0 Å². The summed E-state index contributed by atoms with van der Waals surface area (Å²) in [4.78, 5) is 16.2. The van der Waals surface area contributed by atoms with Crippen LogP contribution in [0, 0.1) is 0 Å². The van der Waals surface area contributed by atoms with Crippen molar-refractivity contribution in [2.24, 2.45) is 0 Å². The normalized spacial score (nSPS) is 17.5. The van der Waals surface area contributed by atoms with Gasteiger partial charge in [-0.25, -0.2) is 0 Å². The molecule has 0 saturated heterocycles. The highest BCUT2D eigenvalue weighted by Gasteiger charge is 2.25. The molecule has 1 aromatic heterocycles. The van der Waals surface area contributed by atoms with Gasteiger partial charge in [-0.1, -0.05) is 12.1 Å². The molecule has 0 fully saturated rings. The van der Waals surface area contributed by atoms with E-state index in [4.69, 9.17) is 9.47 Å². The Bertz CT molecular complexity index is 1070. The van der Waals surface area contributed by atoms with E-state index in [1.165, 1.54) is 22.1 Å².